The second-order valence-corrected chi connectivity index (χ2v) is 6.57. The molecule has 0 spiro atoms. The molecule has 132 valence electrons. The first-order valence-corrected chi connectivity index (χ1v) is 8.72. The average molecular weight is 413 g/mol. The fourth-order valence-corrected chi connectivity index (χ4v) is 2.67. The molecule has 0 saturated heterocycles. The highest BCUT2D eigenvalue weighted by atomic mass is 79.9. The zero-order valence-corrected chi connectivity index (χ0v) is 15.7. The third-order valence-electron chi connectivity index (χ3n) is 3.78. The third-order valence-corrected chi connectivity index (χ3v) is 4.31. The van der Waals surface area contributed by atoms with Gasteiger partial charge in [-0.25, -0.2) is 0 Å². The van der Waals surface area contributed by atoms with E-state index in [-0.39, 0.29) is 17.2 Å². The largest absolute Gasteiger partial charge is 0.504 e. The molecule has 3 aromatic rings. The number of hydrogen-bond donors (Lipinski definition) is 1. The molecule has 0 atom stereocenters. The first-order chi connectivity index (χ1) is 12.5. The van der Waals surface area contributed by atoms with Crippen LogP contribution in [-0.2, 0) is 6.54 Å². The quantitative estimate of drug-likeness (QED) is 0.484. The summed E-state index contributed by atoms with van der Waals surface area (Å²) in [7, 11) is 1.61. The fourth-order valence-electron chi connectivity index (χ4n) is 2.41. The highest BCUT2D eigenvalue weighted by molar-refractivity contribution is 9.10. The Morgan fingerprint density at radius 2 is 1.88 bits per heavy atom. The molecule has 0 saturated carbocycles. The summed E-state index contributed by atoms with van der Waals surface area (Å²) in [6.07, 6.45) is 4.55. The van der Waals surface area contributed by atoms with Gasteiger partial charge in [-0.2, -0.15) is 5.10 Å². The summed E-state index contributed by atoms with van der Waals surface area (Å²) in [5, 5.41) is 14.2. The molecule has 26 heavy (non-hydrogen) atoms. The maximum atomic E-state index is 12.3. The maximum absolute atomic E-state index is 12.3. The van der Waals surface area contributed by atoms with Crippen LogP contribution in [0.1, 0.15) is 21.6 Å². The van der Waals surface area contributed by atoms with Crippen molar-refractivity contribution in [3.63, 3.8) is 0 Å². The standard InChI is InChI=1S/C20H17BrN2O3/c1-26-17-9-4-15(5-10-17)12-23-13-19(25)20(22-23)18(24)11-6-14-2-7-16(21)8-3-14/h2-11,13,25H,12H2,1H3. The van der Waals surface area contributed by atoms with Crippen molar-refractivity contribution < 1.29 is 14.6 Å². The Labute approximate surface area is 159 Å². The summed E-state index contributed by atoms with van der Waals surface area (Å²) in [5.74, 6) is 0.286. The van der Waals surface area contributed by atoms with Crippen LogP contribution in [0.25, 0.3) is 6.08 Å². The predicted octanol–water partition coefficient (Wildman–Crippen LogP) is 4.30. The van der Waals surface area contributed by atoms with Gasteiger partial charge in [0.25, 0.3) is 0 Å². The van der Waals surface area contributed by atoms with Crippen molar-refractivity contribution >= 4 is 27.8 Å². The van der Waals surface area contributed by atoms with Gasteiger partial charge in [-0.3, -0.25) is 9.48 Å². The van der Waals surface area contributed by atoms with Crippen molar-refractivity contribution in [2.24, 2.45) is 0 Å². The number of halogens is 1. The van der Waals surface area contributed by atoms with E-state index in [1.165, 1.54) is 17.0 Å². The lowest BCUT2D eigenvalue weighted by Crippen LogP contribution is -2.03. The topological polar surface area (TPSA) is 64.3 Å². The summed E-state index contributed by atoms with van der Waals surface area (Å²) < 4.78 is 7.63. The van der Waals surface area contributed by atoms with Crippen LogP contribution in [0, 0.1) is 0 Å². The SMILES string of the molecule is COc1ccc(Cn2cc(O)c(C(=O)C=Cc3ccc(Br)cc3)n2)cc1. The Hall–Kier alpha value is -2.86. The van der Waals surface area contributed by atoms with Crippen LogP contribution in [0.3, 0.4) is 0 Å². The smallest absolute Gasteiger partial charge is 0.209 e. The molecule has 6 heteroatoms. The van der Waals surface area contributed by atoms with Crippen molar-refractivity contribution in [1.82, 2.24) is 9.78 Å². The molecule has 0 aliphatic carbocycles. The van der Waals surface area contributed by atoms with E-state index in [0.717, 1.165) is 21.3 Å². The summed E-state index contributed by atoms with van der Waals surface area (Å²) in [5.41, 5.74) is 1.91. The zero-order chi connectivity index (χ0) is 18.5. The molecule has 0 bridgehead atoms. The molecule has 1 N–H and O–H groups in total. The van der Waals surface area contributed by atoms with E-state index in [4.69, 9.17) is 4.74 Å². The normalized spacial score (nSPS) is 11.0. The maximum Gasteiger partial charge on any atom is 0.209 e. The Bertz CT molecular complexity index is 929. The predicted molar refractivity (Wildman–Crippen MR) is 103 cm³/mol. The minimum Gasteiger partial charge on any atom is -0.504 e. The van der Waals surface area contributed by atoms with Gasteiger partial charge in [-0.15, -0.1) is 0 Å². The number of aromatic nitrogens is 2. The Morgan fingerprint density at radius 1 is 1.19 bits per heavy atom. The number of benzene rings is 2. The van der Waals surface area contributed by atoms with E-state index in [2.05, 4.69) is 21.0 Å². The minimum absolute atomic E-state index is 0.0341. The van der Waals surface area contributed by atoms with Crippen molar-refractivity contribution in [3.8, 4) is 11.5 Å². The number of nitrogens with zero attached hydrogens (tertiary/aromatic N) is 2. The van der Waals surface area contributed by atoms with E-state index in [1.807, 2.05) is 48.5 Å². The molecule has 0 aliphatic heterocycles. The molecule has 0 radical (unpaired) electrons. The molecule has 0 aliphatic rings. The monoisotopic (exact) mass is 412 g/mol. The summed E-state index contributed by atoms with van der Waals surface area (Å²) in [4.78, 5) is 12.3. The first-order valence-electron chi connectivity index (χ1n) is 7.92. The van der Waals surface area contributed by atoms with Crippen LogP contribution in [0.2, 0.25) is 0 Å². The molecular weight excluding hydrogens is 396 g/mol. The van der Waals surface area contributed by atoms with Gasteiger partial charge in [0.1, 0.15) is 5.75 Å². The lowest BCUT2D eigenvalue weighted by molar-refractivity contribution is 0.104. The highest BCUT2D eigenvalue weighted by Gasteiger charge is 2.14. The van der Waals surface area contributed by atoms with Crippen LogP contribution in [0.4, 0.5) is 0 Å². The van der Waals surface area contributed by atoms with Crippen LogP contribution < -0.4 is 4.74 Å². The molecule has 2 aromatic carbocycles. The van der Waals surface area contributed by atoms with E-state index < -0.39 is 0 Å². The number of carbonyl (C=O) groups is 1. The lowest BCUT2D eigenvalue weighted by atomic mass is 10.2. The van der Waals surface area contributed by atoms with Crippen LogP contribution in [0.15, 0.2) is 65.3 Å². The second-order valence-electron chi connectivity index (χ2n) is 5.66. The van der Waals surface area contributed by atoms with E-state index in [9.17, 15) is 9.90 Å². The van der Waals surface area contributed by atoms with Gasteiger partial charge in [0.05, 0.1) is 19.9 Å². The Morgan fingerprint density at radius 3 is 2.54 bits per heavy atom. The Balaban J connectivity index is 1.72. The van der Waals surface area contributed by atoms with Gasteiger partial charge in [-0.05, 0) is 41.5 Å². The highest BCUT2D eigenvalue weighted by Crippen LogP contribution is 2.19. The third kappa shape index (κ3) is 4.40. The number of rotatable bonds is 6. The molecule has 0 fully saturated rings. The summed E-state index contributed by atoms with van der Waals surface area (Å²) >= 11 is 3.37. The van der Waals surface area contributed by atoms with E-state index in [1.54, 1.807) is 13.2 Å². The number of methoxy groups -OCH3 is 1. The number of ether oxygens (including phenoxy) is 1. The average Bonchev–Trinajstić information content (AvgIpc) is 3.02. The van der Waals surface area contributed by atoms with Crippen molar-refractivity contribution in [2.45, 2.75) is 6.54 Å². The van der Waals surface area contributed by atoms with E-state index in [0.29, 0.717) is 6.54 Å². The van der Waals surface area contributed by atoms with Gasteiger partial charge in [0, 0.05) is 4.47 Å². The first kappa shape index (κ1) is 17.9. The Kier molecular flexibility index (Phi) is 5.53. The van der Waals surface area contributed by atoms with Crippen LogP contribution in [0.5, 0.6) is 11.5 Å². The summed E-state index contributed by atoms with van der Waals surface area (Å²) in [6, 6.07) is 15.1. The molecule has 0 unspecified atom stereocenters. The minimum atomic E-state index is -0.348. The van der Waals surface area contributed by atoms with Gasteiger partial charge < -0.3 is 9.84 Å². The van der Waals surface area contributed by atoms with Crippen LogP contribution >= 0.6 is 15.9 Å². The molecule has 1 aromatic heterocycles. The van der Waals surface area contributed by atoms with Crippen LogP contribution in [-0.4, -0.2) is 27.8 Å². The number of aromatic hydroxyl groups is 1. The summed E-state index contributed by atoms with van der Waals surface area (Å²) in [6.45, 7) is 0.446. The van der Waals surface area contributed by atoms with Gasteiger partial charge in [0.2, 0.25) is 5.78 Å². The van der Waals surface area contributed by atoms with Crippen molar-refractivity contribution in [1.29, 1.82) is 0 Å². The van der Waals surface area contributed by atoms with Gasteiger partial charge in [0.15, 0.2) is 11.4 Å². The molecule has 5 nitrogen and oxygen atoms in total. The lowest BCUT2D eigenvalue weighted by Gasteiger charge is -2.03. The zero-order valence-electron chi connectivity index (χ0n) is 14.1. The fraction of sp³-hybridized carbons (Fsp3) is 0.100. The molecular formula is C20H17BrN2O3. The number of hydrogen-bond acceptors (Lipinski definition) is 4. The molecule has 0 amide bonds. The van der Waals surface area contributed by atoms with E-state index >= 15 is 0 Å². The van der Waals surface area contributed by atoms with Gasteiger partial charge >= 0.3 is 0 Å². The van der Waals surface area contributed by atoms with Gasteiger partial charge in [-0.1, -0.05) is 46.3 Å². The second kappa shape index (κ2) is 8.01. The number of ketones is 1. The molecule has 3 rings (SSSR count). The number of allylic oxidation sites excluding steroid dienone is 1. The van der Waals surface area contributed by atoms with Crippen molar-refractivity contribution in [2.75, 3.05) is 7.11 Å². The number of carbonyl (C=O) groups excluding carboxylic acids is 1. The molecule has 1 heterocycles. The van der Waals surface area contributed by atoms with Crippen molar-refractivity contribution in [3.05, 3.63) is 82.1 Å².